The van der Waals surface area contributed by atoms with Gasteiger partial charge >= 0.3 is 0 Å². The summed E-state index contributed by atoms with van der Waals surface area (Å²) in [6, 6.07) is 5.13. The molecule has 2 aromatic carbocycles. The fourth-order valence-electron chi connectivity index (χ4n) is 4.22. The van der Waals surface area contributed by atoms with Gasteiger partial charge in [0, 0.05) is 29.9 Å². The number of fused-ring (bicyclic) bond motifs is 1. The van der Waals surface area contributed by atoms with E-state index < -0.39 is 36.5 Å². The molecule has 0 radical (unpaired) electrons. The van der Waals surface area contributed by atoms with Gasteiger partial charge in [0.25, 0.3) is 5.91 Å². The van der Waals surface area contributed by atoms with Crippen molar-refractivity contribution in [1.29, 1.82) is 0 Å². The molecule has 1 N–H and O–H groups in total. The number of ether oxygens (including phenoxy) is 2. The van der Waals surface area contributed by atoms with E-state index >= 15 is 0 Å². The molecule has 3 amide bonds. The molecule has 0 aliphatic carbocycles. The molecule has 2 saturated heterocycles. The number of benzene rings is 2. The molecule has 34 heavy (non-hydrogen) atoms. The van der Waals surface area contributed by atoms with Crippen molar-refractivity contribution >= 4 is 17.7 Å². The number of hydrogen-bond donors (Lipinski definition) is 1. The topological polar surface area (TPSA) is 88.2 Å². The van der Waals surface area contributed by atoms with Crippen LogP contribution >= 0.6 is 0 Å². The van der Waals surface area contributed by atoms with E-state index in [1.54, 1.807) is 4.90 Å². The standard InChI is InChI=1S/C26H27N3O5/c1-17-5-10-22(25(31)27-17)29-14-21-20(26(29)32)3-2-4-23(21)34-15-19-8-6-18(7-9-19)13-28-11-12-33-16-24(28)30/h2-4,6-9,22H,1,5,10-16H2,(H,27,31)/i2D,3D,4D,14D. The van der Waals surface area contributed by atoms with Crippen molar-refractivity contribution in [2.24, 2.45) is 0 Å². The lowest BCUT2D eigenvalue weighted by Crippen LogP contribution is -2.49. The lowest BCUT2D eigenvalue weighted by atomic mass is 10.0. The largest absolute Gasteiger partial charge is 0.489 e. The van der Waals surface area contributed by atoms with Crippen LogP contribution in [0.25, 0.3) is 0 Å². The monoisotopic (exact) mass is 465 g/mol. The van der Waals surface area contributed by atoms with Crippen molar-refractivity contribution in [3.63, 3.8) is 0 Å². The van der Waals surface area contributed by atoms with Crippen LogP contribution in [0.3, 0.4) is 0 Å². The number of carbonyl (C=O) groups excluding carboxylic acids is 3. The molecule has 3 aliphatic rings. The zero-order chi connectivity index (χ0) is 27.1. The quantitative estimate of drug-likeness (QED) is 0.708. The van der Waals surface area contributed by atoms with E-state index in [1.807, 2.05) is 24.3 Å². The Morgan fingerprint density at radius 1 is 1.21 bits per heavy atom. The van der Waals surface area contributed by atoms with Crippen LogP contribution in [0, 0.1) is 0 Å². The lowest BCUT2D eigenvalue weighted by molar-refractivity contribution is -0.143. The Bertz CT molecular complexity index is 1330. The minimum absolute atomic E-state index is 0.00345. The maximum Gasteiger partial charge on any atom is 0.255 e. The SMILES string of the molecule is [2H]c1c([2H])c(OCc2ccc(CN3CCOCC3=O)cc2)c2c(c1[2H])C(=O)N(C1CCC(=C)NC1=O)C2[2H]. The Balaban J connectivity index is 1.37. The number of allylic oxidation sites excluding steroid dienone is 1. The van der Waals surface area contributed by atoms with E-state index in [1.165, 1.54) is 0 Å². The van der Waals surface area contributed by atoms with Crippen LogP contribution in [0.5, 0.6) is 5.75 Å². The van der Waals surface area contributed by atoms with Crippen LogP contribution in [0.2, 0.25) is 0 Å². The minimum atomic E-state index is -1.36. The third-order valence-corrected chi connectivity index (χ3v) is 6.12. The number of hydrogen-bond acceptors (Lipinski definition) is 5. The highest BCUT2D eigenvalue weighted by molar-refractivity contribution is 6.02. The van der Waals surface area contributed by atoms with E-state index in [-0.39, 0.29) is 48.5 Å². The van der Waals surface area contributed by atoms with Crippen molar-refractivity contribution in [2.75, 3.05) is 19.8 Å². The molecular weight excluding hydrogens is 434 g/mol. The molecule has 3 heterocycles. The van der Waals surface area contributed by atoms with E-state index in [9.17, 15) is 14.4 Å². The Kier molecular flexibility index (Phi) is 4.86. The molecule has 176 valence electrons. The summed E-state index contributed by atoms with van der Waals surface area (Å²) < 4.78 is 44.8. The Morgan fingerprint density at radius 2 is 2.00 bits per heavy atom. The third kappa shape index (κ3) is 4.41. The molecule has 3 aliphatic heterocycles. The molecule has 2 aromatic rings. The number of nitrogens with zero attached hydrogens (tertiary/aromatic N) is 2. The van der Waals surface area contributed by atoms with Gasteiger partial charge in [0.2, 0.25) is 11.8 Å². The van der Waals surface area contributed by atoms with Crippen LogP contribution in [-0.4, -0.2) is 53.3 Å². The van der Waals surface area contributed by atoms with E-state index in [4.69, 9.17) is 15.0 Å². The van der Waals surface area contributed by atoms with E-state index in [2.05, 4.69) is 11.9 Å². The molecule has 0 bridgehead atoms. The van der Waals surface area contributed by atoms with Gasteiger partial charge in [-0.15, -0.1) is 0 Å². The highest BCUT2D eigenvalue weighted by Crippen LogP contribution is 2.34. The highest BCUT2D eigenvalue weighted by atomic mass is 16.5. The van der Waals surface area contributed by atoms with Gasteiger partial charge in [-0.2, -0.15) is 0 Å². The fourth-order valence-corrected chi connectivity index (χ4v) is 4.22. The van der Waals surface area contributed by atoms with Gasteiger partial charge in [-0.05, 0) is 36.1 Å². The van der Waals surface area contributed by atoms with Crippen molar-refractivity contribution in [3.05, 3.63) is 76.9 Å². The van der Waals surface area contributed by atoms with Gasteiger partial charge in [-0.1, -0.05) is 36.9 Å². The van der Waals surface area contributed by atoms with Crippen molar-refractivity contribution in [3.8, 4) is 5.75 Å². The van der Waals surface area contributed by atoms with Gasteiger partial charge in [0.15, 0.2) is 0 Å². The summed E-state index contributed by atoms with van der Waals surface area (Å²) in [5.41, 5.74) is 2.06. The first kappa shape index (κ1) is 17.8. The summed E-state index contributed by atoms with van der Waals surface area (Å²) in [5, 5.41) is 2.61. The minimum Gasteiger partial charge on any atom is -0.489 e. The molecule has 0 spiro atoms. The first-order valence-electron chi connectivity index (χ1n) is 13.2. The van der Waals surface area contributed by atoms with Crippen LogP contribution in [0.15, 0.2) is 54.7 Å². The second-order valence-electron chi connectivity index (χ2n) is 8.45. The lowest BCUT2D eigenvalue weighted by Gasteiger charge is -2.31. The Hall–Kier alpha value is -3.65. The Morgan fingerprint density at radius 3 is 2.76 bits per heavy atom. The van der Waals surface area contributed by atoms with Gasteiger partial charge in [0.1, 0.15) is 25.0 Å². The number of amides is 3. The average Bonchev–Trinajstić information content (AvgIpc) is 3.15. The molecule has 5 rings (SSSR count). The van der Waals surface area contributed by atoms with Crippen molar-refractivity contribution < 1.29 is 29.3 Å². The highest BCUT2D eigenvalue weighted by Gasteiger charge is 2.39. The zero-order valence-corrected chi connectivity index (χ0v) is 18.6. The average molecular weight is 466 g/mol. The smallest absolute Gasteiger partial charge is 0.255 e. The Labute approximate surface area is 203 Å². The first-order chi connectivity index (χ1) is 18.2. The van der Waals surface area contributed by atoms with Gasteiger partial charge in [-0.25, -0.2) is 0 Å². The van der Waals surface area contributed by atoms with Gasteiger partial charge < -0.3 is 24.6 Å². The van der Waals surface area contributed by atoms with Gasteiger partial charge in [-0.3, -0.25) is 14.4 Å². The van der Waals surface area contributed by atoms with Crippen LogP contribution < -0.4 is 10.1 Å². The number of morpholine rings is 1. The summed E-state index contributed by atoms with van der Waals surface area (Å²) in [6.45, 7) is 3.95. The van der Waals surface area contributed by atoms with Crippen LogP contribution in [-0.2, 0) is 34.0 Å². The number of nitrogens with one attached hydrogen (secondary N) is 1. The molecule has 8 nitrogen and oxygen atoms in total. The summed E-state index contributed by atoms with van der Waals surface area (Å²) in [6.07, 6.45) is 0.733. The van der Waals surface area contributed by atoms with Crippen LogP contribution in [0.4, 0.5) is 0 Å². The summed E-state index contributed by atoms with van der Waals surface area (Å²) in [4.78, 5) is 40.7. The maximum atomic E-state index is 13.3. The molecule has 0 saturated carbocycles. The maximum absolute atomic E-state index is 13.3. The predicted octanol–water partition coefficient (Wildman–Crippen LogP) is 2.37. The molecule has 2 fully saturated rings. The van der Waals surface area contributed by atoms with Crippen molar-refractivity contribution in [2.45, 2.75) is 38.6 Å². The number of piperidine rings is 1. The van der Waals surface area contributed by atoms with Crippen molar-refractivity contribution in [1.82, 2.24) is 15.1 Å². The third-order valence-electron chi connectivity index (χ3n) is 6.12. The second kappa shape index (κ2) is 9.30. The first-order valence-corrected chi connectivity index (χ1v) is 11.1. The molecule has 0 aromatic heterocycles. The zero-order valence-electron chi connectivity index (χ0n) is 22.6. The summed E-state index contributed by atoms with van der Waals surface area (Å²) in [7, 11) is 0. The van der Waals surface area contributed by atoms with Gasteiger partial charge in [0.05, 0.1) is 18.6 Å². The van der Waals surface area contributed by atoms with E-state index in [0.29, 0.717) is 31.8 Å². The number of carbonyl (C=O) groups is 3. The van der Waals surface area contributed by atoms with Crippen LogP contribution in [0.1, 0.15) is 45.4 Å². The fraction of sp³-hybridized carbons (Fsp3) is 0.346. The molecule has 2 unspecified atom stereocenters. The second-order valence-corrected chi connectivity index (χ2v) is 8.45. The predicted molar refractivity (Wildman–Crippen MR) is 124 cm³/mol. The normalized spacial score (nSPS) is 24.2. The number of rotatable bonds is 6. The summed E-state index contributed by atoms with van der Waals surface area (Å²) >= 11 is 0. The molecular formula is C26H27N3O5. The molecule has 8 heteroatoms. The molecule has 2 atom stereocenters. The summed E-state index contributed by atoms with van der Waals surface area (Å²) in [5.74, 6) is -1.32. The van der Waals surface area contributed by atoms with E-state index in [0.717, 1.165) is 16.0 Å².